The van der Waals surface area contributed by atoms with Gasteiger partial charge < -0.3 is 0 Å². The van der Waals surface area contributed by atoms with E-state index < -0.39 is 29.5 Å². The van der Waals surface area contributed by atoms with Gasteiger partial charge in [-0.25, -0.2) is 0 Å². The Morgan fingerprint density at radius 3 is 0.933 bits per heavy atom. The van der Waals surface area contributed by atoms with Crippen molar-refractivity contribution in [1.82, 2.24) is 5.32 Å². The van der Waals surface area contributed by atoms with Crippen LogP contribution in [0.2, 0.25) is 0 Å². The third-order valence-corrected chi connectivity index (χ3v) is 1.15. The van der Waals surface area contributed by atoms with Gasteiger partial charge in [-0.05, 0) is 0 Å². The molecule has 0 aliphatic rings. The molecule has 0 unspecified atom stereocenters. The zero-order chi connectivity index (χ0) is 12.7. The fourth-order valence-corrected chi connectivity index (χ4v) is 0.364. The standard InChI is InChI=1S/C4H5F8N3/c5-1(6,13)3(9,10)15-4(11,12)2(7,8)14/h15H,13-14H2. The molecule has 0 aromatic heterocycles. The molecule has 0 saturated carbocycles. The van der Waals surface area contributed by atoms with Crippen molar-refractivity contribution in [3.8, 4) is 0 Å². The van der Waals surface area contributed by atoms with E-state index in [1.54, 1.807) is 0 Å². The van der Waals surface area contributed by atoms with Crippen LogP contribution in [0, 0.1) is 0 Å². The average Bonchev–Trinajstić information content (AvgIpc) is 1.77. The molecular formula is C4H5F8N3. The summed E-state index contributed by atoms with van der Waals surface area (Å²) in [7, 11) is 0. The van der Waals surface area contributed by atoms with E-state index in [2.05, 4.69) is 11.5 Å². The Labute approximate surface area is 77.4 Å². The first kappa shape index (κ1) is 14.3. The molecule has 0 amide bonds. The van der Waals surface area contributed by atoms with E-state index in [0.29, 0.717) is 0 Å². The predicted octanol–water partition coefficient (Wildman–Crippen LogP) is 0.865. The molecule has 5 N–H and O–H groups in total. The van der Waals surface area contributed by atoms with Crippen LogP contribution in [0.5, 0.6) is 0 Å². The highest BCUT2D eigenvalue weighted by Crippen LogP contribution is 2.34. The van der Waals surface area contributed by atoms with Gasteiger partial charge in [0.1, 0.15) is 0 Å². The molecule has 11 heteroatoms. The van der Waals surface area contributed by atoms with Crippen LogP contribution in [0.1, 0.15) is 0 Å². The van der Waals surface area contributed by atoms with Crippen molar-refractivity contribution in [2.24, 2.45) is 11.5 Å². The van der Waals surface area contributed by atoms with Crippen molar-refractivity contribution in [1.29, 1.82) is 0 Å². The molecule has 0 aliphatic heterocycles. The van der Waals surface area contributed by atoms with Crippen LogP contribution in [0.15, 0.2) is 0 Å². The monoisotopic (exact) mass is 247 g/mol. The van der Waals surface area contributed by atoms with Gasteiger partial charge in [0.25, 0.3) is 0 Å². The summed E-state index contributed by atoms with van der Waals surface area (Å²) in [6.07, 6.45) is 0. The largest absolute Gasteiger partial charge is 0.384 e. The molecule has 15 heavy (non-hydrogen) atoms. The lowest BCUT2D eigenvalue weighted by molar-refractivity contribution is -0.303. The Kier molecular flexibility index (Phi) is 3.26. The molecule has 0 atom stereocenters. The minimum Gasteiger partial charge on any atom is -0.265 e. The summed E-state index contributed by atoms with van der Waals surface area (Å²) in [4.78, 5) is 0. The van der Waals surface area contributed by atoms with Gasteiger partial charge in [-0.15, -0.1) is 0 Å². The van der Waals surface area contributed by atoms with Crippen molar-refractivity contribution in [2.75, 3.05) is 0 Å². The summed E-state index contributed by atoms with van der Waals surface area (Å²) >= 11 is 0. The van der Waals surface area contributed by atoms with Gasteiger partial charge in [-0.1, -0.05) is 0 Å². The minimum absolute atomic E-state index is 0.604. The second kappa shape index (κ2) is 3.42. The number of hydrogen-bond donors (Lipinski definition) is 3. The molecule has 3 nitrogen and oxygen atoms in total. The number of rotatable bonds is 4. The maximum absolute atomic E-state index is 12.1. The molecule has 0 spiro atoms. The number of nitrogens with two attached hydrogens (primary N) is 2. The first-order chi connectivity index (χ1) is 6.21. The summed E-state index contributed by atoms with van der Waals surface area (Å²) in [6, 6.07) is -22.4. The SMILES string of the molecule is NC(F)(F)C(F)(F)NC(F)(F)C(N)(F)F. The van der Waals surface area contributed by atoms with Crippen LogP contribution in [0.3, 0.4) is 0 Å². The van der Waals surface area contributed by atoms with E-state index in [4.69, 9.17) is 0 Å². The summed E-state index contributed by atoms with van der Waals surface area (Å²) in [5.41, 5.74) is 7.00. The highest BCUT2D eigenvalue weighted by Gasteiger charge is 2.64. The maximum atomic E-state index is 12.1. The fraction of sp³-hybridized carbons (Fsp3) is 1.00. The maximum Gasteiger partial charge on any atom is 0.384 e. The van der Waals surface area contributed by atoms with E-state index in [-0.39, 0.29) is 0 Å². The molecule has 0 aromatic carbocycles. The van der Waals surface area contributed by atoms with Crippen molar-refractivity contribution in [3.05, 3.63) is 0 Å². The smallest absolute Gasteiger partial charge is 0.265 e. The van der Waals surface area contributed by atoms with E-state index in [9.17, 15) is 35.1 Å². The predicted molar refractivity (Wildman–Crippen MR) is 31.3 cm³/mol. The molecular weight excluding hydrogens is 242 g/mol. The number of halogens is 8. The Morgan fingerprint density at radius 2 is 0.800 bits per heavy atom. The van der Waals surface area contributed by atoms with Crippen LogP contribution in [-0.2, 0) is 0 Å². The molecule has 0 aromatic rings. The highest BCUT2D eigenvalue weighted by atomic mass is 19.3. The number of nitrogens with one attached hydrogen (secondary N) is 1. The summed E-state index contributed by atoms with van der Waals surface area (Å²) in [5.74, 6) is 0. The van der Waals surface area contributed by atoms with Gasteiger partial charge >= 0.3 is 24.2 Å². The Hall–Kier alpha value is -0.680. The lowest BCUT2D eigenvalue weighted by Gasteiger charge is -2.30. The summed E-state index contributed by atoms with van der Waals surface area (Å²) < 4.78 is 95.5. The van der Waals surface area contributed by atoms with Crippen LogP contribution in [-0.4, -0.2) is 24.2 Å². The number of hydrogen-bond acceptors (Lipinski definition) is 3. The average molecular weight is 247 g/mol. The molecule has 0 bridgehead atoms. The molecule has 0 heterocycles. The van der Waals surface area contributed by atoms with Gasteiger partial charge in [0.15, 0.2) is 0 Å². The minimum atomic E-state index is -5.74. The van der Waals surface area contributed by atoms with Gasteiger partial charge in [0.2, 0.25) is 0 Å². The molecule has 0 radical (unpaired) electrons. The molecule has 0 aliphatic carbocycles. The van der Waals surface area contributed by atoms with Crippen molar-refractivity contribution in [2.45, 2.75) is 24.2 Å². The van der Waals surface area contributed by atoms with E-state index >= 15 is 0 Å². The topological polar surface area (TPSA) is 64.1 Å². The summed E-state index contributed by atoms with van der Waals surface area (Å²) in [5, 5.41) is -0.604. The van der Waals surface area contributed by atoms with E-state index in [0.717, 1.165) is 0 Å². The number of alkyl halides is 8. The molecule has 92 valence electrons. The van der Waals surface area contributed by atoms with E-state index in [1.807, 2.05) is 0 Å². The Morgan fingerprint density at radius 1 is 0.600 bits per heavy atom. The zero-order valence-electron chi connectivity index (χ0n) is 6.68. The second-order valence-electron chi connectivity index (χ2n) is 2.52. The highest BCUT2D eigenvalue weighted by molar-refractivity contribution is 4.86. The van der Waals surface area contributed by atoms with Crippen molar-refractivity contribution >= 4 is 0 Å². The Bertz CT molecular complexity index is 203. The van der Waals surface area contributed by atoms with Crippen LogP contribution >= 0.6 is 0 Å². The quantitative estimate of drug-likeness (QED) is 0.510. The normalized spacial score (nSPS) is 15.6. The third kappa shape index (κ3) is 3.14. The molecule has 0 rings (SSSR count). The van der Waals surface area contributed by atoms with Crippen molar-refractivity contribution < 1.29 is 35.1 Å². The third-order valence-electron chi connectivity index (χ3n) is 1.15. The summed E-state index contributed by atoms with van der Waals surface area (Å²) in [6.45, 7) is 0. The van der Waals surface area contributed by atoms with Crippen LogP contribution in [0.25, 0.3) is 0 Å². The molecule has 0 saturated heterocycles. The first-order valence-corrected chi connectivity index (χ1v) is 3.09. The fourth-order valence-electron chi connectivity index (χ4n) is 0.364. The van der Waals surface area contributed by atoms with E-state index in [1.165, 1.54) is 0 Å². The lowest BCUT2D eigenvalue weighted by Crippen LogP contribution is -2.68. The van der Waals surface area contributed by atoms with Crippen LogP contribution < -0.4 is 16.8 Å². The van der Waals surface area contributed by atoms with Gasteiger partial charge in [0, 0.05) is 0 Å². The van der Waals surface area contributed by atoms with Crippen molar-refractivity contribution in [3.63, 3.8) is 0 Å². The molecule has 0 fully saturated rings. The van der Waals surface area contributed by atoms with Gasteiger partial charge in [-0.2, -0.15) is 40.4 Å². The lowest BCUT2D eigenvalue weighted by atomic mass is 10.4. The van der Waals surface area contributed by atoms with Crippen LogP contribution in [0.4, 0.5) is 35.1 Å². The Balaban J connectivity index is 4.89. The second-order valence-corrected chi connectivity index (χ2v) is 2.52. The first-order valence-electron chi connectivity index (χ1n) is 3.09. The van der Waals surface area contributed by atoms with Gasteiger partial charge in [-0.3, -0.25) is 11.5 Å². The van der Waals surface area contributed by atoms with Gasteiger partial charge in [0.05, 0.1) is 0 Å². The zero-order valence-corrected chi connectivity index (χ0v) is 6.68.